The molecule has 1 aromatic rings. The second-order valence-electron chi connectivity index (χ2n) is 6.41. The van der Waals surface area contributed by atoms with E-state index in [9.17, 15) is 14.4 Å². The molecule has 6 nitrogen and oxygen atoms in total. The largest absolute Gasteiger partial charge is 0.469 e. The Balaban J connectivity index is 1.71. The summed E-state index contributed by atoms with van der Waals surface area (Å²) in [5.41, 5.74) is 1.57. The maximum atomic E-state index is 12.8. The fourth-order valence-corrected chi connectivity index (χ4v) is 3.58. The maximum absolute atomic E-state index is 12.8. The molecule has 1 atom stereocenters. The number of hydrogen-bond donors (Lipinski definition) is 0. The Morgan fingerprint density at radius 3 is 2.46 bits per heavy atom. The van der Waals surface area contributed by atoms with E-state index in [-0.39, 0.29) is 30.1 Å². The van der Waals surface area contributed by atoms with Crippen molar-refractivity contribution in [1.82, 2.24) is 4.90 Å². The van der Waals surface area contributed by atoms with Gasteiger partial charge in [0.05, 0.1) is 31.2 Å². The molecule has 2 aliphatic rings. The quantitative estimate of drug-likeness (QED) is 0.621. The number of carbonyl (C=O) groups excluding carboxylic acids is 3. The lowest BCUT2D eigenvalue weighted by Crippen LogP contribution is -2.47. The van der Waals surface area contributed by atoms with E-state index < -0.39 is 6.04 Å². The molecule has 2 saturated heterocycles. The molecular weight excluding hydrogens is 308 g/mol. The minimum Gasteiger partial charge on any atom is -0.469 e. The van der Waals surface area contributed by atoms with Crippen molar-refractivity contribution in [2.75, 3.05) is 25.1 Å². The topological polar surface area (TPSA) is 66.9 Å². The zero-order valence-electron chi connectivity index (χ0n) is 14.0. The highest BCUT2D eigenvalue weighted by atomic mass is 16.5. The van der Waals surface area contributed by atoms with E-state index in [1.165, 1.54) is 12.0 Å². The number of likely N-dealkylation sites (tertiary alicyclic amines) is 1. The minimum atomic E-state index is -0.421. The lowest BCUT2D eigenvalue weighted by molar-refractivity contribution is -0.147. The average Bonchev–Trinajstić information content (AvgIpc) is 2.89. The Kier molecular flexibility index (Phi) is 4.66. The molecule has 2 aliphatic heterocycles. The van der Waals surface area contributed by atoms with Crippen LogP contribution in [0.2, 0.25) is 0 Å². The number of hydrogen-bond acceptors (Lipinski definition) is 5. The summed E-state index contributed by atoms with van der Waals surface area (Å²) in [7, 11) is 1.40. The third kappa shape index (κ3) is 2.94. The van der Waals surface area contributed by atoms with Crippen molar-refractivity contribution in [1.29, 1.82) is 0 Å². The third-order valence-electron chi connectivity index (χ3n) is 4.98. The van der Waals surface area contributed by atoms with Gasteiger partial charge in [-0.05, 0) is 44.5 Å². The van der Waals surface area contributed by atoms with Gasteiger partial charge in [0.25, 0.3) is 5.91 Å². The van der Waals surface area contributed by atoms with Crippen molar-refractivity contribution in [2.24, 2.45) is 5.92 Å². The standard InChI is InChI=1S/C18H22N2O4/c1-12-5-3-4-6-14(12)20-16(21)11-15(17(20)22)19-9-7-13(8-10-19)18(23)24-2/h3-6,13,15H,7-11H2,1-2H3/t15-/m1/s1. The van der Waals surface area contributed by atoms with E-state index in [1.54, 1.807) is 6.07 Å². The number of ether oxygens (including phenoxy) is 1. The molecule has 0 radical (unpaired) electrons. The molecule has 0 N–H and O–H groups in total. The van der Waals surface area contributed by atoms with Crippen LogP contribution in [0, 0.1) is 12.8 Å². The minimum absolute atomic E-state index is 0.106. The number of esters is 1. The molecule has 128 valence electrons. The van der Waals surface area contributed by atoms with E-state index in [2.05, 4.69) is 0 Å². The first kappa shape index (κ1) is 16.6. The number of aryl methyl sites for hydroxylation is 1. The SMILES string of the molecule is COC(=O)C1CCN([C@@H]2CC(=O)N(c3ccccc3C)C2=O)CC1. The number of carbonyl (C=O) groups is 3. The van der Waals surface area contributed by atoms with E-state index in [0.29, 0.717) is 31.6 Å². The zero-order chi connectivity index (χ0) is 17.3. The first-order chi connectivity index (χ1) is 11.5. The normalized spacial score (nSPS) is 22.9. The van der Waals surface area contributed by atoms with E-state index >= 15 is 0 Å². The summed E-state index contributed by atoms with van der Waals surface area (Å²) in [6, 6.07) is 7.00. The molecular formula is C18H22N2O4. The number of benzene rings is 1. The summed E-state index contributed by atoms with van der Waals surface area (Å²) in [6.07, 6.45) is 1.53. The van der Waals surface area contributed by atoms with Crippen LogP contribution >= 0.6 is 0 Å². The Hall–Kier alpha value is -2.21. The molecule has 2 heterocycles. The Bertz CT molecular complexity index is 665. The average molecular weight is 330 g/mol. The first-order valence-electron chi connectivity index (χ1n) is 8.27. The Labute approximate surface area is 141 Å². The lowest BCUT2D eigenvalue weighted by atomic mass is 9.95. The van der Waals surface area contributed by atoms with Gasteiger partial charge in [0.2, 0.25) is 5.91 Å². The Morgan fingerprint density at radius 1 is 1.17 bits per heavy atom. The molecule has 6 heteroatoms. The van der Waals surface area contributed by atoms with Gasteiger partial charge in [-0.3, -0.25) is 19.3 Å². The lowest BCUT2D eigenvalue weighted by Gasteiger charge is -2.33. The van der Waals surface area contributed by atoms with Crippen molar-refractivity contribution in [3.63, 3.8) is 0 Å². The summed E-state index contributed by atoms with van der Waals surface area (Å²) in [6.45, 7) is 3.15. The van der Waals surface area contributed by atoms with Gasteiger partial charge >= 0.3 is 5.97 Å². The predicted octanol–water partition coefficient (Wildman–Crippen LogP) is 1.51. The van der Waals surface area contributed by atoms with Crippen LogP contribution in [0.25, 0.3) is 0 Å². The van der Waals surface area contributed by atoms with Crippen LogP contribution in [0.15, 0.2) is 24.3 Å². The molecule has 1 aromatic carbocycles. The molecule has 0 unspecified atom stereocenters. The maximum Gasteiger partial charge on any atom is 0.308 e. The molecule has 0 aliphatic carbocycles. The molecule has 0 saturated carbocycles. The van der Waals surface area contributed by atoms with Crippen molar-refractivity contribution < 1.29 is 19.1 Å². The zero-order valence-corrected chi connectivity index (χ0v) is 14.0. The smallest absolute Gasteiger partial charge is 0.308 e. The number of para-hydroxylation sites is 1. The number of amides is 2. The number of rotatable bonds is 3. The summed E-state index contributed by atoms with van der Waals surface area (Å²) in [5, 5.41) is 0. The fourth-order valence-electron chi connectivity index (χ4n) is 3.58. The number of anilines is 1. The van der Waals surface area contributed by atoms with Gasteiger partial charge in [-0.2, -0.15) is 0 Å². The van der Waals surface area contributed by atoms with Crippen LogP contribution in [-0.2, 0) is 19.1 Å². The summed E-state index contributed by atoms with van der Waals surface area (Å²) >= 11 is 0. The highest BCUT2D eigenvalue weighted by Crippen LogP contribution is 2.30. The molecule has 0 spiro atoms. The Morgan fingerprint density at radius 2 is 1.83 bits per heavy atom. The van der Waals surface area contributed by atoms with Crippen LogP contribution in [0.4, 0.5) is 5.69 Å². The van der Waals surface area contributed by atoms with Gasteiger partial charge in [0.1, 0.15) is 0 Å². The fraction of sp³-hybridized carbons (Fsp3) is 0.500. The first-order valence-corrected chi connectivity index (χ1v) is 8.27. The van der Waals surface area contributed by atoms with Crippen molar-refractivity contribution >= 4 is 23.5 Å². The van der Waals surface area contributed by atoms with Crippen molar-refractivity contribution in [3.05, 3.63) is 29.8 Å². The second kappa shape index (κ2) is 6.73. The predicted molar refractivity (Wildman–Crippen MR) is 88.4 cm³/mol. The second-order valence-corrected chi connectivity index (χ2v) is 6.41. The van der Waals surface area contributed by atoms with Crippen LogP contribution in [0.3, 0.4) is 0 Å². The summed E-state index contributed by atoms with van der Waals surface area (Å²) < 4.78 is 4.79. The van der Waals surface area contributed by atoms with Crippen LogP contribution in [0.1, 0.15) is 24.8 Å². The van der Waals surface area contributed by atoms with Crippen LogP contribution in [-0.4, -0.2) is 48.9 Å². The van der Waals surface area contributed by atoms with E-state index in [1.807, 2.05) is 30.0 Å². The van der Waals surface area contributed by atoms with Gasteiger partial charge in [0, 0.05) is 0 Å². The number of nitrogens with zero attached hydrogens (tertiary/aromatic N) is 2. The van der Waals surface area contributed by atoms with E-state index in [0.717, 1.165) is 5.56 Å². The molecule has 24 heavy (non-hydrogen) atoms. The molecule has 2 fully saturated rings. The van der Waals surface area contributed by atoms with Gasteiger partial charge in [-0.15, -0.1) is 0 Å². The van der Waals surface area contributed by atoms with Gasteiger partial charge in [-0.1, -0.05) is 18.2 Å². The van der Waals surface area contributed by atoms with Crippen molar-refractivity contribution in [2.45, 2.75) is 32.2 Å². The monoisotopic (exact) mass is 330 g/mol. The summed E-state index contributed by atoms with van der Waals surface area (Å²) in [4.78, 5) is 40.2. The van der Waals surface area contributed by atoms with Crippen LogP contribution < -0.4 is 4.90 Å². The molecule has 3 rings (SSSR count). The number of methoxy groups -OCH3 is 1. The van der Waals surface area contributed by atoms with Gasteiger partial charge < -0.3 is 4.74 Å². The summed E-state index contributed by atoms with van der Waals surface area (Å²) in [5.74, 6) is -0.615. The van der Waals surface area contributed by atoms with Gasteiger partial charge in [0.15, 0.2) is 0 Å². The molecule has 2 amide bonds. The third-order valence-corrected chi connectivity index (χ3v) is 4.98. The highest BCUT2D eigenvalue weighted by molar-refractivity contribution is 6.22. The highest BCUT2D eigenvalue weighted by Gasteiger charge is 2.44. The van der Waals surface area contributed by atoms with Gasteiger partial charge in [-0.25, -0.2) is 4.90 Å². The number of piperidine rings is 1. The number of imide groups is 1. The van der Waals surface area contributed by atoms with E-state index in [4.69, 9.17) is 4.74 Å². The van der Waals surface area contributed by atoms with Crippen LogP contribution in [0.5, 0.6) is 0 Å². The molecule has 0 bridgehead atoms. The molecule has 0 aromatic heterocycles. The van der Waals surface area contributed by atoms with Crippen molar-refractivity contribution in [3.8, 4) is 0 Å².